The Balaban J connectivity index is 2.36. The first-order valence-corrected chi connectivity index (χ1v) is 5.16. The zero-order valence-corrected chi connectivity index (χ0v) is 8.35. The minimum atomic E-state index is 0.526. The lowest BCUT2D eigenvalue weighted by Crippen LogP contribution is -1.75. The van der Waals surface area contributed by atoms with Gasteiger partial charge in [0.05, 0.1) is 5.88 Å². The van der Waals surface area contributed by atoms with Crippen LogP contribution in [0.15, 0.2) is 30.7 Å². The van der Waals surface area contributed by atoms with Crippen molar-refractivity contribution in [1.29, 1.82) is 0 Å². The lowest BCUT2D eigenvalue weighted by atomic mass is 10.3. The molecule has 0 saturated heterocycles. The maximum absolute atomic E-state index is 5.68. The van der Waals surface area contributed by atoms with Gasteiger partial charge in [0, 0.05) is 29.0 Å². The summed E-state index contributed by atoms with van der Waals surface area (Å²) < 4.78 is 0. The summed E-state index contributed by atoms with van der Waals surface area (Å²) in [6, 6.07) is 3.89. The van der Waals surface area contributed by atoms with Crippen molar-refractivity contribution < 1.29 is 0 Å². The zero-order chi connectivity index (χ0) is 9.10. The van der Waals surface area contributed by atoms with Crippen LogP contribution in [0.2, 0.25) is 0 Å². The summed E-state index contributed by atoms with van der Waals surface area (Å²) in [5.74, 6) is 0.526. The molecule has 13 heavy (non-hydrogen) atoms. The SMILES string of the molecule is ClCc1cnc(-c2cccnc2)s1. The van der Waals surface area contributed by atoms with E-state index in [0.717, 1.165) is 15.4 Å². The van der Waals surface area contributed by atoms with E-state index in [1.165, 1.54) is 0 Å². The summed E-state index contributed by atoms with van der Waals surface area (Å²) in [7, 11) is 0. The number of thiazole rings is 1. The number of pyridine rings is 1. The van der Waals surface area contributed by atoms with Gasteiger partial charge in [0.25, 0.3) is 0 Å². The molecule has 2 heterocycles. The van der Waals surface area contributed by atoms with E-state index in [1.54, 1.807) is 29.9 Å². The maximum atomic E-state index is 5.68. The van der Waals surface area contributed by atoms with Gasteiger partial charge in [-0.3, -0.25) is 4.98 Å². The molecule has 2 aromatic heterocycles. The quantitative estimate of drug-likeness (QED) is 0.713. The van der Waals surface area contributed by atoms with Crippen LogP contribution in [0.3, 0.4) is 0 Å². The van der Waals surface area contributed by atoms with Crippen LogP contribution in [-0.2, 0) is 5.88 Å². The van der Waals surface area contributed by atoms with Crippen molar-refractivity contribution in [1.82, 2.24) is 9.97 Å². The smallest absolute Gasteiger partial charge is 0.125 e. The summed E-state index contributed by atoms with van der Waals surface area (Å²) in [6.07, 6.45) is 5.36. The van der Waals surface area contributed by atoms with Crippen LogP contribution in [0.4, 0.5) is 0 Å². The molecule has 0 amide bonds. The zero-order valence-electron chi connectivity index (χ0n) is 6.77. The van der Waals surface area contributed by atoms with Crippen molar-refractivity contribution in [3.05, 3.63) is 35.6 Å². The fourth-order valence-corrected chi connectivity index (χ4v) is 1.98. The highest BCUT2D eigenvalue weighted by atomic mass is 35.5. The topological polar surface area (TPSA) is 25.8 Å². The number of hydrogen-bond acceptors (Lipinski definition) is 3. The van der Waals surface area contributed by atoms with E-state index >= 15 is 0 Å². The molecule has 0 N–H and O–H groups in total. The van der Waals surface area contributed by atoms with E-state index in [0.29, 0.717) is 5.88 Å². The molecule has 4 heteroatoms. The lowest BCUT2D eigenvalue weighted by molar-refractivity contribution is 1.31. The van der Waals surface area contributed by atoms with E-state index in [2.05, 4.69) is 9.97 Å². The van der Waals surface area contributed by atoms with Gasteiger partial charge in [0.1, 0.15) is 5.01 Å². The predicted octanol–water partition coefficient (Wildman–Crippen LogP) is 2.94. The monoisotopic (exact) mass is 210 g/mol. The predicted molar refractivity (Wildman–Crippen MR) is 54.9 cm³/mol. The third-order valence-corrected chi connectivity index (χ3v) is 3.09. The molecule has 2 aromatic rings. The van der Waals surface area contributed by atoms with Gasteiger partial charge in [0.15, 0.2) is 0 Å². The fraction of sp³-hybridized carbons (Fsp3) is 0.111. The van der Waals surface area contributed by atoms with E-state index < -0.39 is 0 Å². The Labute approximate surface area is 85.2 Å². The molecule has 0 spiro atoms. The first kappa shape index (κ1) is 8.66. The van der Waals surface area contributed by atoms with Crippen LogP contribution in [0.5, 0.6) is 0 Å². The van der Waals surface area contributed by atoms with Crippen molar-refractivity contribution in [3.8, 4) is 10.6 Å². The minimum absolute atomic E-state index is 0.526. The average Bonchev–Trinajstić information content (AvgIpc) is 2.67. The van der Waals surface area contributed by atoms with Gasteiger partial charge in [-0.05, 0) is 12.1 Å². The van der Waals surface area contributed by atoms with Gasteiger partial charge in [-0.2, -0.15) is 0 Å². The molecule has 0 bridgehead atoms. The molecular formula is C9H7ClN2S. The number of rotatable bonds is 2. The molecule has 0 fully saturated rings. The Bertz CT molecular complexity index is 386. The molecule has 0 aliphatic heterocycles. The van der Waals surface area contributed by atoms with E-state index in [4.69, 9.17) is 11.6 Å². The van der Waals surface area contributed by atoms with Crippen LogP contribution in [0.1, 0.15) is 4.88 Å². The second-order valence-electron chi connectivity index (χ2n) is 2.51. The van der Waals surface area contributed by atoms with Gasteiger partial charge in [-0.15, -0.1) is 22.9 Å². The van der Waals surface area contributed by atoms with Crippen LogP contribution >= 0.6 is 22.9 Å². The highest BCUT2D eigenvalue weighted by molar-refractivity contribution is 7.15. The number of halogens is 1. The normalized spacial score (nSPS) is 10.2. The molecule has 2 rings (SSSR count). The van der Waals surface area contributed by atoms with Crippen molar-refractivity contribution in [3.63, 3.8) is 0 Å². The molecule has 0 aliphatic carbocycles. The van der Waals surface area contributed by atoms with E-state index in [-0.39, 0.29) is 0 Å². The summed E-state index contributed by atoms with van der Waals surface area (Å²) in [5.41, 5.74) is 1.05. The highest BCUT2D eigenvalue weighted by Gasteiger charge is 2.02. The summed E-state index contributed by atoms with van der Waals surface area (Å²) >= 11 is 7.29. The number of aromatic nitrogens is 2. The second-order valence-corrected chi connectivity index (χ2v) is 3.89. The lowest BCUT2D eigenvalue weighted by Gasteiger charge is -1.91. The molecular weight excluding hydrogens is 204 g/mol. The van der Waals surface area contributed by atoms with Gasteiger partial charge in [-0.1, -0.05) is 0 Å². The average molecular weight is 211 g/mol. The maximum Gasteiger partial charge on any atom is 0.125 e. The van der Waals surface area contributed by atoms with E-state index in [1.807, 2.05) is 12.1 Å². The Morgan fingerprint density at radius 1 is 1.38 bits per heavy atom. The van der Waals surface area contributed by atoms with Crippen molar-refractivity contribution in [2.75, 3.05) is 0 Å². The van der Waals surface area contributed by atoms with Gasteiger partial charge in [0.2, 0.25) is 0 Å². The number of hydrogen-bond donors (Lipinski definition) is 0. The molecule has 2 nitrogen and oxygen atoms in total. The highest BCUT2D eigenvalue weighted by Crippen LogP contribution is 2.24. The summed E-state index contributed by atoms with van der Waals surface area (Å²) in [6.45, 7) is 0. The second kappa shape index (κ2) is 3.85. The van der Waals surface area contributed by atoms with Crippen molar-refractivity contribution in [2.24, 2.45) is 0 Å². The van der Waals surface area contributed by atoms with Crippen LogP contribution in [0.25, 0.3) is 10.6 Å². The number of nitrogens with zero attached hydrogens (tertiary/aromatic N) is 2. The molecule has 0 radical (unpaired) electrons. The minimum Gasteiger partial charge on any atom is -0.264 e. The Morgan fingerprint density at radius 3 is 2.92 bits per heavy atom. The van der Waals surface area contributed by atoms with Crippen LogP contribution in [-0.4, -0.2) is 9.97 Å². The fourth-order valence-electron chi connectivity index (χ4n) is 0.992. The van der Waals surface area contributed by atoms with Gasteiger partial charge >= 0.3 is 0 Å². The van der Waals surface area contributed by atoms with Crippen LogP contribution in [0, 0.1) is 0 Å². The van der Waals surface area contributed by atoms with Crippen molar-refractivity contribution >= 4 is 22.9 Å². The molecule has 0 aliphatic rings. The molecule has 66 valence electrons. The number of alkyl halides is 1. The molecule has 0 atom stereocenters. The van der Waals surface area contributed by atoms with Gasteiger partial charge in [-0.25, -0.2) is 4.98 Å². The Kier molecular flexibility index (Phi) is 2.57. The third kappa shape index (κ3) is 1.87. The van der Waals surface area contributed by atoms with Crippen LogP contribution < -0.4 is 0 Å². The first-order valence-electron chi connectivity index (χ1n) is 3.81. The Morgan fingerprint density at radius 2 is 2.31 bits per heavy atom. The van der Waals surface area contributed by atoms with E-state index in [9.17, 15) is 0 Å². The largest absolute Gasteiger partial charge is 0.264 e. The third-order valence-electron chi connectivity index (χ3n) is 1.59. The summed E-state index contributed by atoms with van der Waals surface area (Å²) in [4.78, 5) is 9.36. The van der Waals surface area contributed by atoms with Crippen molar-refractivity contribution in [2.45, 2.75) is 5.88 Å². The molecule has 0 aromatic carbocycles. The molecule has 0 saturated carbocycles. The first-order chi connectivity index (χ1) is 6.40. The standard InChI is InChI=1S/C9H7ClN2S/c10-4-8-6-12-9(13-8)7-2-1-3-11-5-7/h1-3,5-6H,4H2. The summed E-state index contributed by atoms with van der Waals surface area (Å²) in [5, 5.41) is 0.976. The Hall–Kier alpha value is -0.930. The van der Waals surface area contributed by atoms with Gasteiger partial charge < -0.3 is 0 Å². The molecule has 0 unspecified atom stereocenters.